The van der Waals surface area contributed by atoms with Gasteiger partial charge < -0.3 is 10.4 Å². The van der Waals surface area contributed by atoms with Gasteiger partial charge in [-0.05, 0) is 5.92 Å². The Morgan fingerprint density at radius 2 is 1.55 bits per heavy atom. The monoisotopic (exact) mass is 309 g/mol. The van der Waals surface area contributed by atoms with E-state index >= 15 is 0 Å². The fourth-order valence-corrected chi connectivity index (χ4v) is 1.44. The fraction of sp³-hybridized carbons (Fsp3) is 0.800. The molecular formula is C10H13F6NO3. The minimum atomic E-state index is -5.75. The van der Waals surface area contributed by atoms with Crippen LogP contribution in [0.3, 0.4) is 0 Å². The topological polar surface area (TPSA) is 66.4 Å². The van der Waals surface area contributed by atoms with Crippen molar-refractivity contribution >= 4 is 11.9 Å². The maximum Gasteiger partial charge on any atom is 0.409 e. The summed E-state index contributed by atoms with van der Waals surface area (Å²) >= 11 is 0. The zero-order valence-corrected chi connectivity index (χ0v) is 10.3. The highest BCUT2D eigenvalue weighted by Gasteiger charge is 2.61. The molecule has 0 saturated carbocycles. The van der Waals surface area contributed by atoms with Crippen LogP contribution >= 0.6 is 0 Å². The van der Waals surface area contributed by atoms with E-state index in [1.165, 1.54) is 12.2 Å². The molecule has 0 fully saturated rings. The van der Waals surface area contributed by atoms with E-state index in [-0.39, 0.29) is 6.42 Å². The summed E-state index contributed by atoms with van der Waals surface area (Å²) in [7, 11) is 0. The van der Waals surface area contributed by atoms with Crippen LogP contribution in [0.2, 0.25) is 0 Å². The van der Waals surface area contributed by atoms with Crippen molar-refractivity contribution in [2.45, 2.75) is 32.1 Å². The molecule has 0 heterocycles. The van der Waals surface area contributed by atoms with Gasteiger partial charge >= 0.3 is 18.3 Å². The van der Waals surface area contributed by atoms with E-state index in [9.17, 15) is 35.9 Å². The van der Waals surface area contributed by atoms with Crippen LogP contribution in [0.5, 0.6) is 0 Å². The first-order valence-corrected chi connectivity index (χ1v) is 5.52. The van der Waals surface area contributed by atoms with Gasteiger partial charge in [-0.3, -0.25) is 9.59 Å². The average molecular weight is 309 g/mol. The van der Waals surface area contributed by atoms with Crippen LogP contribution in [0.15, 0.2) is 0 Å². The third-order valence-electron chi connectivity index (χ3n) is 2.52. The molecule has 0 aliphatic heterocycles. The van der Waals surface area contributed by atoms with Gasteiger partial charge in [-0.1, -0.05) is 13.3 Å². The van der Waals surface area contributed by atoms with Gasteiger partial charge in [0.15, 0.2) is 0 Å². The Bertz CT molecular complexity index is 338. The molecule has 0 spiro atoms. The van der Waals surface area contributed by atoms with Gasteiger partial charge in [-0.2, -0.15) is 26.3 Å². The molecule has 10 heteroatoms. The number of carboxylic acid groups (broad SMARTS) is 1. The number of carboxylic acids is 1. The zero-order chi connectivity index (χ0) is 16.1. The smallest absolute Gasteiger partial charge is 0.409 e. The molecule has 1 unspecified atom stereocenters. The third-order valence-corrected chi connectivity index (χ3v) is 2.52. The lowest BCUT2D eigenvalue weighted by Crippen LogP contribution is -2.48. The largest absolute Gasteiger partial charge is 0.481 e. The Labute approximate surface area is 110 Å². The molecule has 0 saturated heterocycles. The number of carbonyl (C=O) groups is 2. The van der Waals surface area contributed by atoms with Crippen molar-refractivity contribution in [1.82, 2.24) is 5.32 Å². The molecule has 0 aliphatic carbocycles. The van der Waals surface area contributed by atoms with Gasteiger partial charge in [0, 0.05) is 13.0 Å². The number of amides is 1. The normalized spacial score (nSPS) is 14.2. The van der Waals surface area contributed by atoms with Crippen LogP contribution in [0.1, 0.15) is 19.8 Å². The van der Waals surface area contributed by atoms with Crippen molar-refractivity contribution in [3.63, 3.8) is 0 Å². The first kappa shape index (κ1) is 18.5. The third kappa shape index (κ3) is 6.11. The number of nitrogens with one attached hydrogen (secondary N) is 1. The number of rotatable bonds is 6. The lowest BCUT2D eigenvalue weighted by Gasteiger charge is -2.23. The molecule has 0 bridgehead atoms. The summed E-state index contributed by atoms with van der Waals surface area (Å²) in [6.07, 6.45) is -11.8. The van der Waals surface area contributed by atoms with Gasteiger partial charge in [-0.15, -0.1) is 0 Å². The molecular weight excluding hydrogens is 296 g/mol. The predicted molar refractivity (Wildman–Crippen MR) is 54.6 cm³/mol. The van der Waals surface area contributed by atoms with E-state index < -0.39 is 49.0 Å². The molecule has 1 atom stereocenters. The SMILES string of the molecule is CCC(CNC(=O)C(C(F)(F)F)C(F)(F)F)CC(=O)O. The van der Waals surface area contributed by atoms with Crippen LogP contribution in [-0.4, -0.2) is 35.9 Å². The number of alkyl halides is 6. The zero-order valence-electron chi connectivity index (χ0n) is 10.3. The molecule has 20 heavy (non-hydrogen) atoms. The number of aliphatic carboxylic acids is 1. The molecule has 118 valence electrons. The van der Waals surface area contributed by atoms with Crippen molar-refractivity contribution in [2.75, 3.05) is 6.54 Å². The van der Waals surface area contributed by atoms with E-state index in [1.807, 2.05) is 0 Å². The fourth-order valence-electron chi connectivity index (χ4n) is 1.44. The molecule has 0 aliphatic rings. The van der Waals surface area contributed by atoms with E-state index in [0.29, 0.717) is 0 Å². The predicted octanol–water partition coefficient (Wildman–Crippen LogP) is 2.34. The second-order valence-corrected chi connectivity index (χ2v) is 4.13. The van der Waals surface area contributed by atoms with Crippen LogP contribution < -0.4 is 5.32 Å². The molecule has 0 radical (unpaired) electrons. The lowest BCUT2D eigenvalue weighted by molar-refractivity contribution is -0.274. The molecule has 1 amide bonds. The Balaban J connectivity index is 4.75. The average Bonchev–Trinajstić information content (AvgIpc) is 2.19. The minimum Gasteiger partial charge on any atom is -0.481 e. The van der Waals surface area contributed by atoms with E-state index in [2.05, 4.69) is 0 Å². The lowest BCUT2D eigenvalue weighted by atomic mass is 10.0. The van der Waals surface area contributed by atoms with Crippen LogP contribution in [0.4, 0.5) is 26.3 Å². The highest BCUT2D eigenvalue weighted by molar-refractivity contribution is 5.80. The highest BCUT2D eigenvalue weighted by atomic mass is 19.4. The standard InChI is InChI=1S/C10H13F6NO3/c1-2-5(3-6(18)19)4-17-8(20)7(9(11,12)13)10(14,15)16/h5,7H,2-4H2,1H3,(H,17,20)(H,18,19). The molecule has 0 rings (SSSR count). The summed E-state index contributed by atoms with van der Waals surface area (Å²) in [4.78, 5) is 21.4. The Kier molecular flexibility index (Phi) is 6.30. The van der Waals surface area contributed by atoms with E-state index in [4.69, 9.17) is 5.11 Å². The second-order valence-electron chi connectivity index (χ2n) is 4.13. The highest BCUT2D eigenvalue weighted by Crippen LogP contribution is 2.39. The number of halogens is 6. The van der Waals surface area contributed by atoms with Crippen molar-refractivity contribution in [2.24, 2.45) is 11.8 Å². The van der Waals surface area contributed by atoms with E-state index in [0.717, 1.165) is 0 Å². The summed E-state index contributed by atoms with van der Waals surface area (Å²) < 4.78 is 73.2. The maximum atomic E-state index is 12.2. The van der Waals surface area contributed by atoms with Crippen LogP contribution in [-0.2, 0) is 9.59 Å². The van der Waals surface area contributed by atoms with Crippen LogP contribution in [0.25, 0.3) is 0 Å². The molecule has 4 nitrogen and oxygen atoms in total. The van der Waals surface area contributed by atoms with Gasteiger partial charge in [0.2, 0.25) is 11.8 Å². The summed E-state index contributed by atoms with van der Waals surface area (Å²) in [5.41, 5.74) is 0. The Hall–Kier alpha value is -1.48. The minimum absolute atomic E-state index is 0.190. The summed E-state index contributed by atoms with van der Waals surface area (Å²) in [5, 5.41) is 9.99. The van der Waals surface area contributed by atoms with Crippen molar-refractivity contribution < 1.29 is 41.0 Å². The van der Waals surface area contributed by atoms with Crippen molar-refractivity contribution in [3.8, 4) is 0 Å². The number of hydrogen-bond donors (Lipinski definition) is 2. The first-order valence-electron chi connectivity index (χ1n) is 5.52. The first-order chi connectivity index (χ1) is 8.89. The summed E-state index contributed by atoms with van der Waals surface area (Å²) in [6, 6.07) is 0. The van der Waals surface area contributed by atoms with Gasteiger partial charge in [0.25, 0.3) is 0 Å². The molecule has 0 aromatic heterocycles. The van der Waals surface area contributed by atoms with E-state index in [1.54, 1.807) is 0 Å². The van der Waals surface area contributed by atoms with Crippen molar-refractivity contribution in [3.05, 3.63) is 0 Å². The maximum absolute atomic E-state index is 12.2. The molecule has 0 aromatic carbocycles. The summed E-state index contributed by atoms with van der Waals surface area (Å²) in [5.74, 6) is -8.33. The summed E-state index contributed by atoms with van der Waals surface area (Å²) in [6.45, 7) is 0.940. The molecule has 0 aromatic rings. The van der Waals surface area contributed by atoms with Gasteiger partial charge in [0.1, 0.15) is 0 Å². The number of carbonyl (C=O) groups excluding carboxylic acids is 1. The van der Waals surface area contributed by atoms with Crippen LogP contribution in [0, 0.1) is 11.8 Å². The van der Waals surface area contributed by atoms with Gasteiger partial charge in [-0.25, -0.2) is 0 Å². The van der Waals surface area contributed by atoms with Crippen molar-refractivity contribution in [1.29, 1.82) is 0 Å². The van der Waals surface area contributed by atoms with Gasteiger partial charge in [0.05, 0.1) is 0 Å². The quantitative estimate of drug-likeness (QED) is 0.740. The molecule has 2 N–H and O–H groups in total. The number of hydrogen-bond acceptors (Lipinski definition) is 2. The second kappa shape index (κ2) is 6.80. The Morgan fingerprint density at radius 1 is 1.10 bits per heavy atom. The Morgan fingerprint density at radius 3 is 1.85 bits per heavy atom.